The fourth-order valence-electron chi connectivity index (χ4n) is 2.11. The van der Waals surface area contributed by atoms with Crippen LogP contribution in [0.2, 0.25) is 5.02 Å². The molecule has 6 nitrogen and oxygen atoms in total. The van der Waals surface area contributed by atoms with E-state index in [2.05, 4.69) is 10.6 Å². The molecule has 0 saturated carbocycles. The molecule has 1 atom stereocenters. The molecule has 7 heteroatoms. The fourth-order valence-corrected chi connectivity index (χ4v) is 2.23. The number of benzene rings is 2. The van der Waals surface area contributed by atoms with Crippen molar-refractivity contribution >= 4 is 29.1 Å². The summed E-state index contributed by atoms with van der Waals surface area (Å²) in [7, 11) is 1.59. The Morgan fingerprint density at radius 3 is 2.58 bits per heavy atom. The summed E-state index contributed by atoms with van der Waals surface area (Å²) in [5.74, 6) is 0.0295. The lowest BCUT2D eigenvalue weighted by molar-refractivity contribution is -0.133. The molecule has 0 aliphatic carbocycles. The molecular weight excluding hydrogens is 356 g/mol. The number of carbonyl (C=O) groups is 2. The molecule has 2 rings (SSSR count). The van der Waals surface area contributed by atoms with Crippen LogP contribution in [0.3, 0.4) is 0 Å². The van der Waals surface area contributed by atoms with E-state index in [4.69, 9.17) is 21.1 Å². The molecular formula is C19H21ClN2O4. The van der Waals surface area contributed by atoms with Gasteiger partial charge in [0, 0.05) is 10.7 Å². The van der Waals surface area contributed by atoms with E-state index < -0.39 is 6.10 Å². The Morgan fingerprint density at radius 2 is 1.88 bits per heavy atom. The third-order valence-electron chi connectivity index (χ3n) is 3.55. The number of ether oxygens (including phenoxy) is 2. The first kappa shape index (κ1) is 19.8. The molecule has 138 valence electrons. The van der Waals surface area contributed by atoms with Crippen LogP contribution in [0.4, 0.5) is 5.69 Å². The molecule has 0 radical (unpaired) electrons. The molecule has 0 heterocycles. The standard InChI is InChI=1S/C19H21ClN2O4/c1-13(26-12-14-4-3-5-17(10-14)25-2)19(24)21-11-18(23)22-16-8-6-15(20)7-9-16/h3-10,13H,11-12H2,1-2H3,(H,21,24)(H,22,23). The fraction of sp³-hybridized carbons (Fsp3) is 0.263. The molecule has 0 fully saturated rings. The van der Waals surface area contributed by atoms with E-state index in [0.717, 1.165) is 11.3 Å². The molecule has 2 N–H and O–H groups in total. The van der Waals surface area contributed by atoms with Gasteiger partial charge in [0.1, 0.15) is 11.9 Å². The molecule has 26 heavy (non-hydrogen) atoms. The van der Waals surface area contributed by atoms with E-state index in [1.165, 1.54) is 0 Å². The van der Waals surface area contributed by atoms with Crippen LogP contribution in [0.15, 0.2) is 48.5 Å². The number of halogens is 1. The second kappa shape index (κ2) is 9.79. The zero-order chi connectivity index (χ0) is 18.9. The molecule has 2 aromatic rings. The largest absolute Gasteiger partial charge is 0.497 e. The van der Waals surface area contributed by atoms with E-state index >= 15 is 0 Å². The van der Waals surface area contributed by atoms with Gasteiger partial charge in [0.15, 0.2) is 0 Å². The van der Waals surface area contributed by atoms with Gasteiger partial charge in [-0.1, -0.05) is 23.7 Å². The first-order valence-electron chi connectivity index (χ1n) is 8.05. The van der Waals surface area contributed by atoms with E-state index in [9.17, 15) is 9.59 Å². The van der Waals surface area contributed by atoms with Gasteiger partial charge in [0.05, 0.1) is 20.3 Å². The summed E-state index contributed by atoms with van der Waals surface area (Å²) in [4.78, 5) is 23.9. The highest BCUT2D eigenvalue weighted by molar-refractivity contribution is 6.30. The van der Waals surface area contributed by atoms with Gasteiger partial charge in [0.2, 0.25) is 11.8 Å². The van der Waals surface area contributed by atoms with Crippen molar-refractivity contribution in [1.29, 1.82) is 0 Å². The Kier molecular flexibility index (Phi) is 7.44. The summed E-state index contributed by atoms with van der Waals surface area (Å²) in [5.41, 5.74) is 1.50. The minimum Gasteiger partial charge on any atom is -0.497 e. The Labute approximate surface area is 157 Å². The third-order valence-corrected chi connectivity index (χ3v) is 3.81. The van der Waals surface area contributed by atoms with Gasteiger partial charge < -0.3 is 20.1 Å². The molecule has 0 aromatic heterocycles. The lowest BCUT2D eigenvalue weighted by Crippen LogP contribution is -2.39. The van der Waals surface area contributed by atoms with Crippen LogP contribution in [-0.2, 0) is 20.9 Å². The summed E-state index contributed by atoms with van der Waals surface area (Å²) in [6.07, 6.45) is -0.690. The Balaban J connectivity index is 1.74. The van der Waals surface area contributed by atoms with Crippen molar-refractivity contribution in [2.24, 2.45) is 0 Å². The number of hydrogen-bond donors (Lipinski definition) is 2. The summed E-state index contributed by atoms with van der Waals surface area (Å²) >= 11 is 5.79. The number of anilines is 1. The Hall–Kier alpha value is -2.57. The maximum absolute atomic E-state index is 12.0. The summed E-state index contributed by atoms with van der Waals surface area (Å²) < 4.78 is 10.7. The number of carbonyl (C=O) groups excluding carboxylic acids is 2. The highest BCUT2D eigenvalue weighted by Crippen LogP contribution is 2.14. The molecule has 0 aliphatic heterocycles. The predicted octanol–water partition coefficient (Wildman–Crippen LogP) is 3.01. The number of rotatable bonds is 8. The van der Waals surface area contributed by atoms with Crippen molar-refractivity contribution in [3.63, 3.8) is 0 Å². The second-order valence-corrected chi connectivity index (χ2v) is 6.01. The van der Waals surface area contributed by atoms with E-state index in [-0.39, 0.29) is 25.0 Å². The van der Waals surface area contributed by atoms with Crippen molar-refractivity contribution in [3.8, 4) is 5.75 Å². The third kappa shape index (κ3) is 6.38. The summed E-state index contributed by atoms with van der Waals surface area (Å²) in [6, 6.07) is 14.1. The van der Waals surface area contributed by atoms with Gasteiger partial charge >= 0.3 is 0 Å². The van der Waals surface area contributed by atoms with E-state index in [0.29, 0.717) is 10.7 Å². The zero-order valence-corrected chi connectivity index (χ0v) is 15.4. The zero-order valence-electron chi connectivity index (χ0n) is 14.6. The van der Waals surface area contributed by atoms with E-state index in [1.807, 2.05) is 24.3 Å². The van der Waals surface area contributed by atoms with Gasteiger partial charge in [-0.3, -0.25) is 9.59 Å². The summed E-state index contributed by atoms with van der Waals surface area (Å²) in [5, 5.41) is 5.79. The number of hydrogen-bond acceptors (Lipinski definition) is 4. The quantitative estimate of drug-likeness (QED) is 0.742. The first-order chi connectivity index (χ1) is 12.5. The van der Waals surface area contributed by atoms with Crippen molar-refractivity contribution in [2.75, 3.05) is 19.0 Å². The first-order valence-corrected chi connectivity index (χ1v) is 8.43. The lowest BCUT2D eigenvalue weighted by Gasteiger charge is -2.14. The monoisotopic (exact) mass is 376 g/mol. The van der Waals surface area contributed by atoms with Crippen molar-refractivity contribution in [1.82, 2.24) is 5.32 Å². The minimum atomic E-state index is -0.690. The van der Waals surface area contributed by atoms with Crippen LogP contribution in [0.5, 0.6) is 5.75 Å². The van der Waals surface area contributed by atoms with Crippen LogP contribution in [-0.4, -0.2) is 31.6 Å². The van der Waals surface area contributed by atoms with Gasteiger partial charge in [0.25, 0.3) is 0 Å². The van der Waals surface area contributed by atoms with Gasteiger partial charge in [-0.15, -0.1) is 0 Å². The molecule has 0 aliphatic rings. The van der Waals surface area contributed by atoms with Crippen LogP contribution < -0.4 is 15.4 Å². The van der Waals surface area contributed by atoms with Crippen LogP contribution in [0.1, 0.15) is 12.5 Å². The van der Waals surface area contributed by atoms with Gasteiger partial charge in [-0.25, -0.2) is 0 Å². The smallest absolute Gasteiger partial charge is 0.249 e. The average molecular weight is 377 g/mol. The molecule has 0 saturated heterocycles. The molecule has 0 bridgehead atoms. The topological polar surface area (TPSA) is 76.7 Å². The maximum Gasteiger partial charge on any atom is 0.249 e. The van der Waals surface area contributed by atoms with Crippen molar-refractivity contribution in [2.45, 2.75) is 19.6 Å². The molecule has 2 amide bonds. The normalized spacial score (nSPS) is 11.5. The minimum absolute atomic E-state index is 0.145. The Bertz CT molecular complexity index is 749. The number of amides is 2. The van der Waals surface area contributed by atoms with Gasteiger partial charge in [-0.2, -0.15) is 0 Å². The average Bonchev–Trinajstić information content (AvgIpc) is 2.66. The van der Waals surface area contributed by atoms with Crippen molar-refractivity contribution in [3.05, 3.63) is 59.1 Å². The highest BCUT2D eigenvalue weighted by atomic mass is 35.5. The van der Waals surface area contributed by atoms with Crippen LogP contribution in [0, 0.1) is 0 Å². The van der Waals surface area contributed by atoms with E-state index in [1.54, 1.807) is 38.3 Å². The van der Waals surface area contributed by atoms with Gasteiger partial charge in [-0.05, 0) is 48.9 Å². The molecule has 0 spiro atoms. The lowest BCUT2D eigenvalue weighted by atomic mass is 10.2. The van der Waals surface area contributed by atoms with Crippen molar-refractivity contribution < 1.29 is 19.1 Å². The maximum atomic E-state index is 12.0. The number of methoxy groups -OCH3 is 1. The molecule has 1 unspecified atom stereocenters. The van der Waals surface area contributed by atoms with Crippen LogP contribution >= 0.6 is 11.6 Å². The highest BCUT2D eigenvalue weighted by Gasteiger charge is 2.14. The summed E-state index contributed by atoms with van der Waals surface area (Å²) in [6.45, 7) is 1.75. The number of nitrogens with one attached hydrogen (secondary N) is 2. The predicted molar refractivity (Wildman–Crippen MR) is 100 cm³/mol. The van der Waals surface area contributed by atoms with Crippen LogP contribution in [0.25, 0.3) is 0 Å². The molecule has 2 aromatic carbocycles. The SMILES string of the molecule is COc1cccc(COC(C)C(=O)NCC(=O)Nc2ccc(Cl)cc2)c1. The Morgan fingerprint density at radius 1 is 1.15 bits per heavy atom. The second-order valence-electron chi connectivity index (χ2n) is 5.58.